The summed E-state index contributed by atoms with van der Waals surface area (Å²) in [5.74, 6) is -0.214. The molecule has 2 aromatic rings. The highest BCUT2D eigenvalue weighted by Crippen LogP contribution is 2.31. The Labute approximate surface area is 121 Å². The van der Waals surface area contributed by atoms with Gasteiger partial charge in [-0.05, 0) is 44.4 Å². The summed E-state index contributed by atoms with van der Waals surface area (Å²) < 4.78 is 14.2. The predicted octanol–water partition coefficient (Wildman–Crippen LogP) is 3.47. The number of aromatic nitrogens is 1. The maximum atomic E-state index is 13.2. The number of hydrogen-bond acceptors (Lipinski definition) is 4. The normalized spacial score (nSPS) is 26.9. The predicted molar refractivity (Wildman–Crippen MR) is 80.8 cm³/mol. The first-order chi connectivity index (χ1) is 9.78. The summed E-state index contributed by atoms with van der Waals surface area (Å²) >= 11 is 1.62. The summed E-state index contributed by atoms with van der Waals surface area (Å²) in [4.78, 5) is 7.12. The van der Waals surface area contributed by atoms with Gasteiger partial charge in [-0.2, -0.15) is 0 Å². The molecular formula is C15H18FN3S. The minimum atomic E-state index is -0.214. The fraction of sp³-hybridized carbons (Fsp3) is 0.533. The molecule has 1 N–H and O–H groups in total. The van der Waals surface area contributed by atoms with Crippen LogP contribution in [0.4, 0.5) is 9.52 Å². The zero-order valence-corrected chi connectivity index (χ0v) is 12.1. The van der Waals surface area contributed by atoms with Crippen molar-refractivity contribution in [2.24, 2.45) is 0 Å². The van der Waals surface area contributed by atoms with Crippen molar-refractivity contribution in [1.29, 1.82) is 0 Å². The van der Waals surface area contributed by atoms with Crippen LogP contribution in [0.2, 0.25) is 0 Å². The summed E-state index contributed by atoms with van der Waals surface area (Å²) in [7, 11) is 0. The Balaban J connectivity index is 1.49. The topological polar surface area (TPSA) is 28.2 Å². The average molecular weight is 291 g/mol. The number of anilines is 1. The Kier molecular flexibility index (Phi) is 3.11. The van der Waals surface area contributed by atoms with Crippen molar-refractivity contribution in [3.05, 3.63) is 24.0 Å². The second-order valence-electron chi connectivity index (χ2n) is 5.83. The summed E-state index contributed by atoms with van der Waals surface area (Å²) in [6.45, 7) is 2.47. The molecule has 0 radical (unpaired) electrons. The average Bonchev–Trinajstić information content (AvgIpc) is 3.03. The third kappa shape index (κ3) is 2.29. The van der Waals surface area contributed by atoms with Gasteiger partial charge in [0.2, 0.25) is 0 Å². The standard InChI is InChI=1S/C15H18FN3S/c16-10-3-4-14-13(8-10)18-15(20-14)17-11-5-7-19-6-1-2-12(19)9-11/h3-4,8,11-12H,1-2,5-7,9H2,(H,17,18). The molecule has 2 aliphatic rings. The molecule has 0 saturated carbocycles. The van der Waals surface area contributed by atoms with E-state index in [9.17, 15) is 4.39 Å². The van der Waals surface area contributed by atoms with Gasteiger partial charge in [0.15, 0.2) is 5.13 Å². The van der Waals surface area contributed by atoms with Crippen LogP contribution >= 0.6 is 11.3 Å². The number of nitrogens with zero attached hydrogens (tertiary/aromatic N) is 2. The molecule has 2 saturated heterocycles. The molecule has 20 heavy (non-hydrogen) atoms. The number of halogens is 1. The van der Waals surface area contributed by atoms with E-state index in [0.29, 0.717) is 6.04 Å². The summed E-state index contributed by atoms with van der Waals surface area (Å²) in [5, 5.41) is 4.49. The zero-order chi connectivity index (χ0) is 13.5. The first-order valence-corrected chi connectivity index (χ1v) is 8.16. The van der Waals surface area contributed by atoms with Gasteiger partial charge in [0.1, 0.15) is 5.82 Å². The number of fused-ring (bicyclic) bond motifs is 2. The number of thiazole rings is 1. The van der Waals surface area contributed by atoms with Crippen molar-refractivity contribution < 1.29 is 4.39 Å². The van der Waals surface area contributed by atoms with Gasteiger partial charge < -0.3 is 10.2 Å². The Bertz CT molecular complexity index is 627. The van der Waals surface area contributed by atoms with Gasteiger partial charge in [0.05, 0.1) is 10.2 Å². The molecule has 2 atom stereocenters. The van der Waals surface area contributed by atoms with Crippen LogP contribution in [0.1, 0.15) is 25.7 Å². The molecule has 0 spiro atoms. The molecule has 2 aliphatic heterocycles. The number of nitrogens with one attached hydrogen (secondary N) is 1. The van der Waals surface area contributed by atoms with Crippen molar-refractivity contribution >= 4 is 26.7 Å². The minimum absolute atomic E-state index is 0.214. The van der Waals surface area contributed by atoms with Crippen LogP contribution in [-0.2, 0) is 0 Å². The van der Waals surface area contributed by atoms with Gasteiger partial charge in [-0.25, -0.2) is 9.37 Å². The van der Waals surface area contributed by atoms with Crippen molar-refractivity contribution in [3.63, 3.8) is 0 Å². The van der Waals surface area contributed by atoms with E-state index in [1.165, 1.54) is 50.9 Å². The van der Waals surface area contributed by atoms with Crippen LogP contribution in [0.15, 0.2) is 18.2 Å². The van der Waals surface area contributed by atoms with Crippen LogP contribution in [0, 0.1) is 5.82 Å². The zero-order valence-electron chi connectivity index (χ0n) is 11.3. The van der Waals surface area contributed by atoms with E-state index in [1.54, 1.807) is 11.3 Å². The number of hydrogen-bond donors (Lipinski definition) is 1. The lowest BCUT2D eigenvalue weighted by Gasteiger charge is -2.35. The van der Waals surface area contributed by atoms with E-state index < -0.39 is 0 Å². The Hall–Kier alpha value is -1.20. The largest absolute Gasteiger partial charge is 0.359 e. The molecule has 5 heteroatoms. The van der Waals surface area contributed by atoms with Gasteiger partial charge in [-0.3, -0.25) is 0 Å². The highest BCUT2D eigenvalue weighted by Gasteiger charge is 2.31. The smallest absolute Gasteiger partial charge is 0.184 e. The van der Waals surface area contributed by atoms with Crippen LogP contribution in [-0.4, -0.2) is 35.1 Å². The van der Waals surface area contributed by atoms with Gasteiger partial charge in [0, 0.05) is 24.7 Å². The molecule has 106 valence electrons. The summed E-state index contributed by atoms with van der Waals surface area (Å²) in [6.07, 6.45) is 5.08. The summed E-state index contributed by atoms with van der Waals surface area (Å²) in [6, 6.07) is 6.10. The van der Waals surface area contributed by atoms with Crippen LogP contribution in [0.5, 0.6) is 0 Å². The first kappa shape index (κ1) is 12.5. The van der Waals surface area contributed by atoms with E-state index >= 15 is 0 Å². The fourth-order valence-corrected chi connectivity index (χ4v) is 4.42. The molecular weight excluding hydrogens is 273 g/mol. The maximum Gasteiger partial charge on any atom is 0.184 e. The second-order valence-corrected chi connectivity index (χ2v) is 6.86. The van der Waals surface area contributed by atoms with Gasteiger partial charge >= 0.3 is 0 Å². The summed E-state index contributed by atoms with van der Waals surface area (Å²) in [5.41, 5.74) is 0.760. The van der Waals surface area contributed by atoms with Crippen LogP contribution in [0.25, 0.3) is 10.2 Å². The molecule has 4 rings (SSSR count). The molecule has 1 aromatic heterocycles. The highest BCUT2D eigenvalue weighted by atomic mass is 32.1. The van der Waals surface area contributed by atoms with Gasteiger partial charge in [0.25, 0.3) is 0 Å². The molecule has 2 unspecified atom stereocenters. The Morgan fingerprint density at radius 1 is 1.30 bits per heavy atom. The van der Waals surface area contributed by atoms with E-state index in [2.05, 4.69) is 15.2 Å². The number of rotatable bonds is 2. The molecule has 1 aromatic carbocycles. The van der Waals surface area contributed by atoms with Crippen molar-refractivity contribution in [2.75, 3.05) is 18.4 Å². The molecule has 0 amide bonds. The molecule has 2 fully saturated rings. The second kappa shape index (κ2) is 4.97. The molecule has 3 nitrogen and oxygen atoms in total. The van der Waals surface area contributed by atoms with E-state index in [0.717, 1.165) is 21.4 Å². The number of benzene rings is 1. The third-order valence-corrected chi connectivity index (χ3v) is 5.47. The van der Waals surface area contributed by atoms with Crippen molar-refractivity contribution in [2.45, 2.75) is 37.8 Å². The lowest BCUT2D eigenvalue weighted by Crippen LogP contribution is -2.42. The minimum Gasteiger partial charge on any atom is -0.359 e. The fourth-order valence-electron chi connectivity index (χ4n) is 3.49. The van der Waals surface area contributed by atoms with Gasteiger partial charge in [-0.15, -0.1) is 0 Å². The molecule has 0 bridgehead atoms. The highest BCUT2D eigenvalue weighted by molar-refractivity contribution is 7.22. The Morgan fingerprint density at radius 2 is 2.25 bits per heavy atom. The van der Waals surface area contributed by atoms with Gasteiger partial charge in [-0.1, -0.05) is 11.3 Å². The van der Waals surface area contributed by atoms with E-state index in [4.69, 9.17) is 0 Å². The van der Waals surface area contributed by atoms with E-state index in [1.807, 2.05) is 6.07 Å². The lowest BCUT2D eigenvalue weighted by atomic mass is 9.98. The lowest BCUT2D eigenvalue weighted by molar-refractivity contribution is 0.188. The Morgan fingerprint density at radius 3 is 3.20 bits per heavy atom. The third-order valence-electron chi connectivity index (χ3n) is 4.50. The van der Waals surface area contributed by atoms with Crippen molar-refractivity contribution in [1.82, 2.24) is 9.88 Å². The first-order valence-electron chi connectivity index (χ1n) is 7.34. The molecule has 0 aliphatic carbocycles. The van der Waals surface area contributed by atoms with Crippen LogP contribution < -0.4 is 5.32 Å². The number of piperidine rings is 1. The monoisotopic (exact) mass is 291 g/mol. The SMILES string of the molecule is Fc1ccc2sc(NC3CCN4CCCC4C3)nc2c1. The van der Waals surface area contributed by atoms with Crippen molar-refractivity contribution in [3.8, 4) is 0 Å². The van der Waals surface area contributed by atoms with E-state index in [-0.39, 0.29) is 5.82 Å². The quantitative estimate of drug-likeness (QED) is 0.918. The molecule has 3 heterocycles. The van der Waals surface area contributed by atoms with Crippen LogP contribution in [0.3, 0.4) is 0 Å². The maximum absolute atomic E-state index is 13.2.